The Morgan fingerprint density at radius 3 is 2.77 bits per heavy atom. The number of para-hydroxylation sites is 2. The topological polar surface area (TPSA) is 85.3 Å². The molecular weight excluding hydrogens is 382 g/mol. The molecule has 1 N–H and O–H groups in total. The number of benzene rings is 2. The van der Waals surface area contributed by atoms with Gasteiger partial charge in [-0.2, -0.15) is 0 Å². The molecule has 8 heteroatoms. The van der Waals surface area contributed by atoms with Crippen molar-refractivity contribution in [3.8, 4) is 22.7 Å². The minimum absolute atomic E-state index is 0.0239. The molecule has 2 aromatic carbocycles. The first-order chi connectivity index (χ1) is 14.7. The summed E-state index contributed by atoms with van der Waals surface area (Å²) in [6.45, 7) is 2.87. The van der Waals surface area contributed by atoms with Gasteiger partial charge in [-0.1, -0.05) is 23.4 Å². The second-order valence-electron chi connectivity index (χ2n) is 7.10. The fraction of sp³-hybridized carbons (Fsp3) is 0.227. The second kappa shape index (κ2) is 7.64. The highest BCUT2D eigenvalue weighted by atomic mass is 16.5. The van der Waals surface area contributed by atoms with Crippen molar-refractivity contribution in [3.05, 3.63) is 65.0 Å². The molecule has 0 unspecified atom stereocenters. The Balaban J connectivity index is 1.51. The van der Waals surface area contributed by atoms with Crippen molar-refractivity contribution < 1.29 is 9.47 Å². The standard InChI is InChI=1S/C22H21N5O3/c1-29-21-5-3-2-4-19(21)27-14-18(24-25-27)15-6-7-17-16(12-15)20(28)13-22(23-17)26-8-10-30-11-9-26/h2-7,12-14H,8-11H2,1H3,(H,23,28). The van der Waals surface area contributed by atoms with Gasteiger partial charge in [-0.25, -0.2) is 4.68 Å². The largest absolute Gasteiger partial charge is 0.494 e. The third kappa shape index (κ3) is 3.31. The summed E-state index contributed by atoms with van der Waals surface area (Å²) in [7, 11) is 1.62. The summed E-state index contributed by atoms with van der Waals surface area (Å²) < 4.78 is 12.5. The number of hydrogen-bond donors (Lipinski definition) is 1. The molecule has 0 amide bonds. The number of H-pyrrole nitrogens is 1. The van der Waals surface area contributed by atoms with Crippen molar-refractivity contribution in [2.24, 2.45) is 0 Å². The summed E-state index contributed by atoms with van der Waals surface area (Å²) in [5, 5.41) is 9.14. The number of aromatic amines is 1. The van der Waals surface area contributed by atoms with E-state index in [1.807, 2.05) is 48.7 Å². The number of morpholine rings is 1. The number of methoxy groups -OCH3 is 1. The third-order valence-electron chi connectivity index (χ3n) is 5.29. The molecule has 0 radical (unpaired) electrons. The Morgan fingerprint density at radius 2 is 1.93 bits per heavy atom. The van der Waals surface area contributed by atoms with Crippen molar-refractivity contribution in [1.29, 1.82) is 0 Å². The molecule has 3 heterocycles. The summed E-state index contributed by atoms with van der Waals surface area (Å²) in [4.78, 5) is 18.3. The van der Waals surface area contributed by atoms with Crippen molar-refractivity contribution in [2.45, 2.75) is 0 Å². The number of anilines is 1. The zero-order chi connectivity index (χ0) is 20.5. The lowest BCUT2D eigenvalue weighted by Gasteiger charge is -2.28. The van der Waals surface area contributed by atoms with E-state index in [1.54, 1.807) is 17.9 Å². The van der Waals surface area contributed by atoms with Gasteiger partial charge < -0.3 is 19.4 Å². The SMILES string of the molecule is COc1ccccc1-n1cc(-c2ccc3[nH]c(N4CCOCC4)cc(=O)c3c2)nn1. The number of nitrogens with zero attached hydrogens (tertiary/aromatic N) is 4. The van der Waals surface area contributed by atoms with E-state index in [9.17, 15) is 4.79 Å². The molecule has 1 fully saturated rings. The molecule has 1 aliphatic heterocycles. The van der Waals surface area contributed by atoms with E-state index < -0.39 is 0 Å². The van der Waals surface area contributed by atoms with E-state index in [0.29, 0.717) is 30.0 Å². The lowest BCUT2D eigenvalue weighted by Crippen LogP contribution is -2.37. The van der Waals surface area contributed by atoms with E-state index in [-0.39, 0.29) is 5.43 Å². The number of nitrogens with one attached hydrogen (secondary N) is 1. The van der Waals surface area contributed by atoms with Crippen LogP contribution < -0.4 is 15.1 Å². The molecule has 0 aliphatic carbocycles. The van der Waals surface area contributed by atoms with Crippen molar-refractivity contribution in [3.63, 3.8) is 0 Å². The van der Waals surface area contributed by atoms with E-state index in [2.05, 4.69) is 20.2 Å². The van der Waals surface area contributed by atoms with Gasteiger partial charge in [0.05, 0.1) is 32.0 Å². The van der Waals surface area contributed by atoms with Crippen LogP contribution in [0.4, 0.5) is 5.82 Å². The summed E-state index contributed by atoms with van der Waals surface area (Å²) in [6.07, 6.45) is 1.83. The zero-order valence-electron chi connectivity index (χ0n) is 16.5. The van der Waals surface area contributed by atoms with Gasteiger partial charge >= 0.3 is 0 Å². The number of aromatic nitrogens is 4. The molecule has 0 atom stereocenters. The third-order valence-corrected chi connectivity index (χ3v) is 5.29. The normalized spacial score (nSPS) is 14.2. The quantitative estimate of drug-likeness (QED) is 0.564. The van der Waals surface area contributed by atoms with Gasteiger partial charge in [0, 0.05) is 30.1 Å². The molecule has 1 aliphatic rings. The maximum atomic E-state index is 12.8. The Bertz CT molecular complexity index is 1260. The number of rotatable bonds is 4. The van der Waals surface area contributed by atoms with Gasteiger partial charge in [-0.3, -0.25) is 4.79 Å². The van der Waals surface area contributed by atoms with E-state index in [4.69, 9.17) is 9.47 Å². The first-order valence-electron chi connectivity index (χ1n) is 9.79. The molecular formula is C22H21N5O3. The number of pyridine rings is 1. The van der Waals surface area contributed by atoms with Gasteiger partial charge in [0.1, 0.15) is 22.9 Å². The average Bonchev–Trinajstić information content (AvgIpc) is 3.29. The number of hydrogen-bond acceptors (Lipinski definition) is 6. The highest BCUT2D eigenvalue weighted by molar-refractivity contribution is 5.85. The first kappa shape index (κ1) is 18.4. The first-order valence-corrected chi connectivity index (χ1v) is 9.79. The summed E-state index contributed by atoms with van der Waals surface area (Å²) in [5.41, 5.74) is 3.08. The monoisotopic (exact) mass is 403 g/mol. The maximum absolute atomic E-state index is 12.8. The smallest absolute Gasteiger partial charge is 0.191 e. The fourth-order valence-corrected chi connectivity index (χ4v) is 3.70. The van der Waals surface area contributed by atoms with Gasteiger partial charge in [0.15, 0.2) is 5.43 Å². The van der Waals surface area contributed by atoms with Gasteiger partial charge in [-0.15, -0.1) is 5.10 Å². The van der Waals surface area contributed by atoms with Crippen LogP contribution >= 0.6 is 0 Å². The molecule has 0 saturated carbocycles. The van der Waals surface area contributed by atoms with Crippen LogP contribution in [0, 0.1) is 0 Å². The van der Waals surface area contributed by atoms with Crippen LogP contribution in [-0.4, -0.2) is 53.4 Å². The lowest BCUT2D eigenvalue weighted by molar-refractivity contribution is 0.122. The van der Waals surface area contributed by atoms with Crippen molar-refractivity contribution >= 4 is 16.7 Å². The molecule has 4 aromatic rings. The van der Waals surface area contributed by atoms with Crippen LogP contribution in [0.2, 0.25) is 0 Å². The zero-order valence-corrected chi connectivity index (χ0v) is 16.5. The maximum Gasteiger partial charge on any atom is 0.191 e. The molecule has 5 rings (SSSR count). The Hall–Kier alpha value is -3.65. The van der Waals surface area contributed by atoms with Crippen LogP contribution in [0.3, 0.4) is 0 Å². The minimum Gasteiger partial charge on any atom is -0.494 e. The number of fused-ring (bicyclic) bond motifs is 1. The molecule has 30 heavy (non-hydrogen) atoms. The van der Waals surface area contributed by atoms with Crippen LogP contribution in [0.15, 0.2) is 59.5 Å². The predicted octanol–water partition coefficient (Wildman–Crippen LogP) is 2.62. The van der Waals surface area contributed by atoms with E-state index in [0.717, 1.165) is 35.7 Å². The van der Waals surface area contributed by atoms with Crippen molar-refractivity contribution in [1.82, 2.24) is 20.0 Å². The molecule has 1 saturated heterocycles. The highest BCUT2D eigenvalue weighted by Crippen LogP contribution is 2.25. The molecule has 2 aromatic heterocycles. The average molecular weight is 403 g/mol. The Kier molecular flexibility index (Phi) is 4.68. The number of ether oxygens (including phenoxy) is 2. The van der Waals surface area contributed by atoms with E-state index in [1.165, 1.54) is 0 Å². The molecule has 0 bridgehead atoms. The van der Waals surface area contributed by atoms with Crippen LogP contribution in [0.25, 0.3) is 27.8 Å². The van der Waals surface area contributed by atoms with Gasteiger partial charge in [0.2, 0.25) is 0 Å². The van der Waals surface area contributed by atoms with Gasteiger partial charge in [-0.05, 0) is 24.3 Å². The Labute approximate surface area is 172 Å². The molecule has 0 spiro atoms. The fourth-order valence-electron chi connectivity index (χ4n) is 3.70. The van der Waals surface area contributed by atoms with E-state index >= 15 is 0 Å². The van der Waals surface area contributed by atoms with Gasteiger partial charge in [0.25, 0.3) is 0 Å². The van der Waals surface area contributed by atoms with Crippen LogP contribution in [0.5, 0.6) is 5.75 Å². The summed E-state index contributed by atoms with van der Waals surface area (Å²) in [6, 6.07) is 15.0. The second-order valence-corrected chi connectivity index (χ2v) is 7.10. The van der Waals surface area contributed by atoms with Crippen LogP contribution in [-0.2, 0) is 4.74 Å². The minimum atomic E-state index is -0.0239. The summed E-state index contributed by atoms with van der Waals surface area (Å²) >= 11 is 0. The lowest BCUT2D eigenvalue weighted by atomic mass is 10.1. The molecule has 8 nitrogen and oxygen atoms in total. The summed E-state index contributed by atoms with van der Waals surface area (Å²) in [5.74, 6) is 1.53. The Morgan fingerprint density at radius 1 is 1.10 bits per heavy atom. The highest BCUT2D eigenvalue weighted by Gasteiger charge is 2.15. The predicted molar refractivity (Wildman–Crippen MR) is 115 cm³/mol. The van der Waals surface area contributed by atoms with Crippen molar-refractivity contribution in [2.75, 3.05) is 38.3 Å². The van der Waals surface area contributed by atoms with Crippen LogP contribution in [0.1, 0.15) is 0 Å². The molecule has 152 valence electrons.